The molecule has 0 atom stereocenters. The normalized spacial score (nSPS) is 9.50. The average Bonchev–Trinajstić information content (AvgIpc) is 1.95. The van der Waals surface area contributed by atoms with E-state index in [0.717, 1.165) is 0 Å². The number of nitrogens with one attached hydrogen (secondary N) is 1. The van der Waals surface area contributed by atoms with Crippen molar-refractivity contribution in [3.8, 4) is 0 Å². The van der Waals surface area contributed by atoms with Crippen LogP contribution in [0.4, 0.5) is 10.1 Å². The molecule has 0 heterocycles. The number of halogens is 2. The summed E-state index contributed by atoms with van der Waals surface area (Å²) in [5.74, 6) is 2.98. The molecule has 1 rings (SSSR count). The minimum atomic E-state index is -0.416. The lowest BCUT2D eigenvalue weighted by Crippen LogP contribution is -2.56. The fourth-order valence-corrected chi connectivity index (χ4v) is 0.787. The summed E-state index contributed by atoms with van der Waals surface area (Å²) in [6, 6.07) is 4.33. The van der Waals surface area contributed by atoms with Gasteiger partial charge < -0.3 is 0 Å². The number of benzene rings is 1. The maximum atomic E-state index is 12.5. The van der Waals surface area contributed by atoms with E-state index in [9.17, 15) is 4.39 Å². The highest BCUT2D eigenvalue weighted by Gasteiger charge is 1.98. The van der Waals surface area contributed by atoms with Crippen molar-refractivity contribution >= 4 is 17.3 Å². The van der Waals surface area contributed by atoms with Gasteiger partial charge in [-0.1, -0.05) is 11.6 Å². The number of anilines is 1. The molecule has 0 unspecified atom stereocenters. The highest BCUT2D eigenvalue weighted by Crippen LogP contribution is 2.17. The summed E-state index contributed by atoms with van der Waals surface area (Å²) in [5, 5.41) is 0.105. The van der Waals surface area contributed by atoms with Gasteiger partial charge in [0.2, 0.25) is 0 Å². The van der Waals surface area contributed by atoms with Crippen molar-refractivity contribution in [2.75, 3.05) is 5.43 Å². The minimum Gasteiger partial charge on any atom is -0.258 e. The third-order valence-electron chi connectivity index (χ3n) is 1.12. The van der Waals surface area contributed by atoms with E-state index in [0.29, 0.717) is 5.69 Å². The Labute approximate surface area is 62.8 Å². The topological polar surface area (TPSA) is 39.7 Å². The summed E-state index contributed by atoms with van der Waals surface area (Å²) < 4.78 is 12.5. The van der Waals surface area contributed by atoms with E-state index >= 15 is 0 Å². The molecule has 0 radical (unpaired) electrons. The Bertz CT molecular complexity index is 239. The molecule has 4 heteroatoms. The minimum absolute atomic E-state index is 0.105. The molecule has 54 valence electrons. The van der Waals surface area contributed by atoms with Crippen LogP contribution in [0.1, 0.15) is 0 Å². The van der Waals surface area contributed by atoms with Gasteiger partial charge in [-0.15, -0.1) is 0 Å². The molecule has 0 aliphatic heterocycles. The van der Waals surface area contributed by atoms with Crippen LogP contribution in [-0.4, -0.2) is 0 Å². The van der Waals surface area contributed by atoms with Crippen LogP contribution < -0.4 is 11.3 Å². The third kappa shape index (κ3) is 1.37. The molecule has 0 saturated heterocycles. The monoisotopic (exact) mass is 161 g/mol. The number of quaternary nitrogens is 1. The van der Waals surface area contributed by atoms with E-state index in [4.69, 9.17) is 11.6 Å². The summed E-state index contributed by atoms with van der Waals surface area (Å²) in [5.41, 5.74) is 3.29. The lowest BCUT2D eigenvalue weighted by molar-refractivity contribution is -0.325. The Balaban J connectivity index is 3.04. The fourth-order valence-electron chi connectivity index (χ4n) is 0.606. The van der Waals surface area contributed by atoms with Crippen molar-refractivity contribution in [2.24, 2.45) is 0 Å². The molecule has 0 spiro atoms. The van der Waals surface area contributed by atoms with Gasteiger partial charge in [0, 0.05) is 0 Å². The molecular formula is C6H7ClFN2+. The molecule has 0 aliphatic carbocycles. The van der Waals surface area contributed by atoms with Gasteiger partial charge in [-0.3, -0.25) is 5.84 Å². The van der Waals surface area contributed by atoms with Crippen molar-refractivity contribution in [1.29, 1.82) is 0 Å². The predicted octanol–water partition coefficient (Wildman–Crippen LogP) is 1.05. The summed E-state index contributed by atoms with van der Waals surface area (Å²) in [6.45, 7) is 0. The standard InChI is InChI=1S/C6H6ClFN2/c7-5-3-4(10-9)1-2-6(5)8/h1-3,10H,9H2/p+1. The van der Waals surface area contributed by atoms with Crippen LogP contribution >= 0.6 is 11.6 Å². The van der Waals surface area contributed by atoms with Crippen LogP contribution in [0.5, 0.6) is 0 Å². The van der Waals surface area contributed by atoms with Gasteiger partial charge in [0.25, 0.3) is 0 Å². The first-order valence-electron chi connectivity index (χ1n) is 2.72. The maximum absolute atomic E-state index is 12.5. The van der Waals surface area contributed by atoms with Gasteiger partial charge >= 0.3 is 0 Å². The van der Waals surface area contributed by atoms with Crippen LogP contribution in [0.3, 0.4) is 0 Å². The van der Waals surface area contributed by atoms with Crippen molar-refractivity contribution < 1.29 is 10.2 Å². The number of rotatable bonds is 1. The second-order valence-corrected chi connectivity index (χ2v) is 2.21. The van der Waals surface area contributed by atoms with Gasteiger partial charge in [0.1, 0.15) is 5.82 Å². The summed E-state index contributed by atoms with van der Waals surface area (Å²) in [6.07, 6.45) is 0. The molecule has 0 aliphatic rings. The van der Waals surface area contributed by atoms with Crippen LogP contribution in [0, 0.1) is 5.82 Å². The summed E-state index contributed by atoms with van der Waals surface area (Å²) in [4.78, 5) is 0. The molecule has 0 bridgehead atoms. The SMILES string of the molecule is [NH3+]Nc1ccc(F)c(Cl)c1. The second kappa shape index (κ2) is 2.86. The maximum Gasteiger partial charge on any atom is 0.141 e. The Hall–Kier alpha value is -0.800. The highest BCUT2D eigenvalue weighted by molar-refractivity contribution is 6.31. The molecule has 1 aromatic rings. The van der Waals surface area contributed by atoms with Crippen molar-refractivity contribution in [2.45, 2.75) is 0 Å². The largest absolute Gasteiger partial charge is 0.258 e. The average molecular weight is 162 g/mol. The molecule has 0 fully saturated rings. The van der Waals surface area contributed by atoms with Gasteiger partial charge in [0.05, 0.1) is 10.7 Å². The zero-order chi connectivity index (χ0) is 7.56. The first-order valence-corrected chi connectivity index (χ1v) is 3.10. The van der Waals surface area contributed by atoms with Gasteiger partial charge in [-0.05, 0) is 18.2 Å². The predicted molar refractivity (Wildman–Crippen MR) is 37.9 cm³/mol. The van der Waals surface area contributed by atoms with Gasteiger partial charge in [0.15, 0.2) is 0 Å². The quantitative estimate of drug-likeness (QED) is 0.594. The number of hydrogen-bond acceptors (Lipinski definition) is 1. The molecule has 0 saturated carbocycles. The molecule has 2 nitrogen and oxygen atoms in total. The van der Waals surface area contributed by atoms with E-state index in [-0.39, 0.29) is 5.02 Å². The highest BCUT2D eigenvalue weighted by atomic mass is 35.5. The Morgan fingerprint density at radius 1 is 1.50 bits per heavy atom. The van der Waals surface area contributed by atoms with E-state index in [1.54, 1.807) is 6.07 Å². The van der Waals surface area contributed by atoms with Crippen LogP contribution in [0.2, 0.25) is 5.02 Å². The first-order chi connectivity index (χ1) is 4.74. The van der Waals surface area contributed by atoms with Gasteiger partial charge in [-0.2, -0.15) is 0 Å². The van der Waals surface area contributed by atoms with Gasteiger partial charge in [-0.25, -0.2) is 9.82 Å². The van der Waals surface area contributed by atoms with E-state index in [1.807, 2.05) is 0 Å². The van der Waals surface area contributed by atoms with Crippen molar-refractivity contribution in [3.05, 3.63) is 29.0 Å². The van der Waals surface area contributed by atoms with E-state index < -0.39 is 5.82 Å². The zero-order valence-corrected chi connectivity index (χ0v) is 5.95. The third-order valence-corrected chi connectivity index (χ3v) is 1.41. The second-order valence-electron chi connectivity index (χ2n) is 1.81. The molecule has 10 heavy (non-hydrogen) atoms. The molecule has 1 aromatic carbocycles. The number of hydrogen-bond donors (Lipinski definition) is 2. The lowest BCUT2D eigenvalue weighted by Gasteiger charge is -1.96. The summed E-state index contributed by atoms with van der Waals surface area (Å²) >= 11 is 5.45. The smallest absolute Gasteiger partial charge is 0.141 e. The Morgan fingerprint density at radius 3 is 2.70 bits per heavy atom. The van der Waals surface area contributed by atoms with E-state index in [2.05, 4.69) is 11.3 Å². The van der Waals surface area contributed by atoms with E-state index in [1.165, 1.54) is 12.1 Å². The van der Waals surface area contributed by atoms with Crippen LogP contribution in [0.25, 0.3) is 0 Å². The van der Waals surface area contributed by atoms with Crippen LogP contribution in [0.15, 0.2) is 18.2 Å². The lowest BCUT2D eigenvalue weighted by atomic mass is 10.3. The fraction of sp³-hybridized carbons (Fsp3) is 0. The van der Waals surface area contributed by atoms with Crippen molar-refractivity contribution in [1.82, 2.24) is 0 Å². The molecule has 0 aromatic heterocycles. The molecule has 0 amide bonds. The van der Waals surface area contributed by atoms with Crippen LogP contribution in [-0.2, 0) is 0 Å². The Morgan fingerprint density at radius 2 is 2.20 bits per heavy atom. The Kier molecular flexibility index (Phi) is 2.09. The zero-order valence-electron chi connectivity index (χ0n) is 5.20. The molecule has 4 N–H and O–H groups in total. The first kappa shape index (κ1) is 7.31. The van der Waals surface area contributed by atoms with Crippen molar-refractivity contribution in [3.63, 3.8) is 0 Å². The summed E-state index contributed by atoms with van der Waals surface area (Å²) in [7, 11) is 0. The molecular weight excluding hydrogens is 155 g/mol.